The smallest absolute Gasteiger partial charge is 0.166 e. The average molecular weight is 325 g/mol. The fourth-order valence-electron chi connectivity index (χ4n) is 1.39. The lowest BCUT2D eigenvalue weighted by Crippen LogP contribution is -2.07. The van der Waals surface area contributed by atoms with Crippen LogP contribution in [-0.4, -0.2) is 21.0 Å². The number of benzene rings is 1. The topological polar surface area (TPSA) is 45.8 Å². The Morgan fingerprint density at radius 2 is 2.06 bits per heavy atom. The van der Waals surface area contributed by atoms with E-state index in [2.05, 4.69) is 25.9 Å². The van der Waals surface area contributed by atoms with Gasteiger partial charge in [0, 0.05) is 4.47 Å². The number of rotatable bonds is 4. The first kappa shape index (κ1) is 13.4. The summed E-state index contributed by atoms with van der Waals surface area (Å²) in [5, 5.41) is 0.699. The Hall–Kier alpha value is -1.07. The molecule has 1 aromatic carbocycles. The molecule has 94 valence electrons. The van der Waals surface area contributed by atoms with Gasteiger partial charge in [0.05, 0.1) is 17.1 Å². The quantitative estimate of drug-likeness (QED) is 0.867. The van der Waals surface area contributed by atoms with E-state index >= 15 is 0 Å². The molecule has 0 aliphatic carbocycles. The van der Waals surface area contributed by atoms with Crippen molar-refractivity contribution in [2.75, 3.05) is 0 Å². The van der Waals surface area contributed by atoms with Crippen LogP contribution in [0.2, 0.25) is 0 Å². The number of hydrogen-bond donors (Lipinski definition) is 1. The Balaban J connectivity index is 2.15. The second kappa shape index (κ2) is 5.71. The van der Waals surface area contributed by atoms with E-state index in [1.165, 1.54) is 11.8 Å². The molecule has 3 nitrogen and oxygen atoms in total. The van der Waals surface area contributed by atoms with Crippen LogP contribution in [0.25, 0.3) is 11.3 Å². The van der Waals surface area contributed by atoms with Crippen molar-refractivity contribution in [3.05, 3.63) is 34.9 Å². The van der Waals surface area contributed by atoms with Crippen molar-refractivity contribution < 1.29 is 4.79 Å². The second-order valence-electron chi connectivity index (χ2n) is 3.98. The lowest BCUT2D eigenvalue weighted by atomic mass is 10.2. The highest BCUT2D eigenvalue weighted by molar-refractivity contribution is 9.10. The van der Waals surface area contributed by atoms with Gasteiger partial charge >= 0.3 is 0 Å². The van der Waals surface area contributed by atoms with Crippen LogP contribution in [0, 0.1) is 0 Å². The van der Waals surface area contributed by atoms with E-state index in [9.17, 15) is 4.79 Å². The van der Waals surface area contributed by atoms with Crippen molar-refractivity contribution in [1.82, 2.24) is 9.97 Å². The molecule has 0 spiro atoms. The number of ketones is 1. The number of nitrogens with zero attached hydrogens (tertiary/aromatic N) is 1. The summed E-state index contributed by atoms with van der Waals surface area (Å²) in [5.41, 5.74) is 2.04. The van der Waals surface area contributed by atoms with Crippen LogP contribution >= 0.6 is 27.7 Å². The Labute approximate surface area is 119 Å². The SMILES string of the molecule is CC(=O)C(C)Sc1ncc(-c2ccc(Br)cc2)[nH]1. The molecule has 0 fully saturated rings. The van der Waals surface area contributed by atoms with Gasteiger partial charge in [0.15, 0.2) is 5.16 Å². The van der Waals surface area contributed by atoms with Crippen molar-refractivity contribution in [1.29, 1.82) is 0 Å². The second-order valence-corrected chi connectivity index (χ2v) is 6.22. The van der Waals surface area contributed by atoms with Crippen molar-refractivity contribution in [2.45, 2.75) is 24.3 Å². The summed E-state index contributed by atoms with van der Waals surface area (Å²) in [4.78, 5) is 18.7. The first-order valence-electron chi connectivity index (χ1n) is 5.54. The highest BCUT2D eigenvalue weighted by Gasteiger charge is 2.12. The molecule has 2 aromatic rings. The van der Waals surface area contributed by atoms with E-state index in [1.54, 1.807) is 13.1 Å². The summed E-state index contributed by atoms with van der Waals surface area (Å²) in [6.45, 7) is 3.48. The third kappa shape index (κ3) is 3.23. The maximum absolute atomic E-state index is 11.2. The lowest BCUT2D eigenvalue weighted by molar-refractivity contribution is -0.116. The summed E-state index contributed by atoms with van der Waals surface area (Å²) < 4.78 is 1.05. The largest absolute Gasteiger partial charge is 0.333 e. The number of H-pyrrole nitrogens is 1. The fraction of sp³-hybridized carbons (Fsp3) is 0.231. The van der Waals surface area contributed by atoms with Crippen LogP contribution in [0.4, 0.5) is 0 Å². The van der Waals surface area contributed by atoms with Crippen molar-refractivity contribution in [2.24, 2.45) is 0 Å². The molecular weight excluding hydrogens is 312 g/mol. The number of hydrogen-bond acceptors (Lipinski definition) is 3. The number of aromatic amines is 1. The van der Waals surface area contributed by atoms with Gasteiger partial charge in [0.1, 0.15) is 5.78 Å². The zero-order valence-electron chi connectivity index (χ0n) is 10.1. The van der Waals surface area contributed by atoms with Gasteiger partial charge in [0.2, 0.25) is 0 Å². The zero-order chi connectivity index (χ0) is 13.1. The monoisotopic (exact) mass is 324 g/mol. The van der Waals surface area contributed by atoms with Crippen LogP contribution < -0.4 is 0 Å². The van der Waals surface area contributed by atoms with Gasteiger partial charge in [-0.15, -0.1) is 0 Å². The van der Waals surface area contributed by atoms with Crippen LogP contribution in [0.5, 0.6) is 0 Å². The molecule has 0 saturated carbocycles. The maximum Gasteiger partial charge on any atom is 0.166 e. The molecule has 1 atom stereocenters. The molecule has 1 heterocycles. The van der Waals surface area contributed by atoms with Gasteiger partial charge < -0.3 is 4.98 Å². The average Bonchev–Trinajstić information content (AvgIpc) is 2.78. The van der Waals surface area contributed by atoms with Gasteiger partial charge in [-0.1, -0.05) is 39.8 Å². The van der Waals surface area contributed by atoms with Crippen LogP contribution in [0.3, 0.4) is 0 Å². The Kier molecular flexibility index (Phi) is 4.24. The number of nitrogens with one attached hydrogen (secondary N) is 1. The highest BCUT2D eigenvalue weighted by atomic mass is 79.9. The third-order valence-corrected chi connectivity index (χ3v) is 4.21. The standard InChI is InChI=1S/C13H13BrN2OS/c1-8(17)9(2)18-13-15-7-12(16-13)10-3-5-11(14)6-4-10/h3-7,9H,1-2H3,(H,15,16). The van der Waals surface area contributed by atoms with Gasteiger partial charge in [-0.2, -0.15) is 0 Å². The number of carbonyl (C=O) groups is 1. The summed E-state index contributed by atoms with van der Waals surface area (Å²) in [5.74, 6) is 0.154. The first-order chi connectivity index (χ1) is 8.56. The molecule has 5 heteroatoms. The predicted molar refractivity (Wildman–Crippen MR) is 77.7 cm³/mol. The van der Waals surface area contributed by atoms with Gasteiger partial charge in [0.25, 0.3) is 0 Å². The molecule has 1 unspecified atom stereocenters. The highest BCUT2D eigenvalue weighted by Crippen LogP contribution is 2.25. The van der Waals surface area contributed by atoms with E-state index in [4.69, 9.17) is 0 Å². The Bertz CT molecular complexity index is 550. The summed E-state index contributed by atoms with van der Waals surface area (Å²) in [6.07, 6.45) is 1.79. The van der Waals surface area contributed by atoms with Crippen LogP contribution in [-0.2, 0) is 4.79 Å². The molecular formula is C13H13BrN2OS. The Morgan fingerprint density at radius 3 is 2.67 bits per heavy atom. The lowest BCUT2D eigenvalue weighted by Gasteiger charge is -2.03. The summed E-state index contributed by atoms with van der Waals surface area (Å²) in [6, 6.07) is 8.00. The van der Waals surface area contributed by atoms with E-state index < -0.39 is 0 Å². The molecule has 0 aliphatic heterocycles. The van der Waals surface area contributed by atoms with Crippen molar-refractivity contribution >= 4 is 33.5 Å². The molecule has 1 N–H and O–H groups in total. The van der Waals surface area contributed by atoms with Gasteiger partial charge in [-0.3, -0.25) is 4.79 Å². The maximum atomic E-state index is 11.2. The van der Waals surface area contributed by atoms with Gasteiger partial charge in [-0.25, -0.2) is 4.98 Å². The van der Waals surface area contributed by atoms with E-state index in [-0.39, 0.29) is 11.0 Å². The minimum atomic E-state index is -0.0751. The van der Waals surface area contributed by atoms with Crippen LogP contribution in [0.15, 0.2) is 40.1 Å². The molecule has 1 aromatic heterocycles. The van der Waals surface area contributed by atoms with E-state index in [0.29, 0.717) is 0 Å². The molecule has 0 amide bonds. The zero-order valence-corrected chi connectivity index (χ0v) is 12.5. The number of carbonyl (C=O) groups excluding carboxylic acids is 1. The number of Topliss-reactive ketones (excluding diaryl/α,β-unsaturated/α-hetero) is 1. The minimum absolute atomic E-state index is 0.0751. The fourth-order valence-corrected chi connectivity index (χ4v) is 2.44. The minimum Gasteiger partial charge on any atom is -0.333 e. The summed E-state index contributed by atoms with van der Waals surface area (Å²) in [7, 11) is 0. The molecule has 0 saturated heterocycles. The number of imidazole rings is 1. The molecule has 0 aliphatic rings. The normalized spacial score (nSPS) is 12.4. The van der Waals surface area contributed by atoms with Gasteiger partial charge in [-0.05, 0) is 31.5 Å². The van der Waals surface area contributed by atoms with E-state index in [0.717, 1.165) is 20.9 Å². The third-order valence-electron chi connectivity index (χ3n) is 2.57. The summed E-state index contributed by atoms with van der Waals surface area (Å²) >= 11 is 4.85. The molecule has 0 radical (unpaired) electrons. The first-order valence-corrected chi connectivity index (χ1v) is 7.21. The molecule has 2 rings (SSSR count). The van der Waals surface area contributed by atoms with Crippen LogP contribution in [0.1, 0.15) is 13.8 Å². The van der Waals surface area contributed by atoms with E-state index in [1.807, 2.05) is 31.2 Å². The van der Waals surface area contributed by atoms with Crippen molar-refractivity contribution in [3.8, 4) is 11.3 Å². The number of aromatic nitrogens is 2. The molecule has 0 bridgehead atoms. The predicted octanol–water partition coefficient (Wildman–Crippen LogP) is 3.91. The molecule has 18 heavy (non-hydrogen) atoms. The number of halogens is 1. The van der Waals surface area contributed by atoms with Crippen molar-refractivity contribution in [3.63, 3.8) is 0 Å². The Morgan fingerprint density at radius 1 is 1.39 bits per heavy atom. The number of thioether (sulfide) groups is 1.